The largest absolute Gasteiger partial charge is 0.477 e. The molecule has 80 valence electrons. The van der Waals surface area contributed by atoms with Gasteiger partial charge in [-0.2, -0.15) is 5.26 Å². The number of thiophene rings is 1. The number of nitrogens with zero attached hydrogens (tertiary/aromatic N) is 2. The van der Waals surface area contributed by atoms with E-state index in [-0.39, 0.29) is 4.88 Å². The molecule has 0 saturated heterocycles. The Labute approximate surface area is 92.4 Å². The Hall–Kier alpha value is -1.38. The second-order valence-corrected chi connectivity index (χ2v) is 4.31. The molecule has 0 fully saturated rings. The van der Waals surface area contributed by atoms with Crippen molar-refractivity contribution in [3.63, 3.8) is 0 Å². The number of aromatic carboxylic acids is 1. The number of likely N-dealkylation sites (N-methyl/N-ethyl adjacent to an activating group) is 1. The topological polar surface area (TPSA) is 64.3 Å². The van der Waals surface area contributed by atoms with Gasteiger partial charge in [-0.05, 0) is 26.1 Å². The minimum Gasteiger partial charge on any atom is -0.477 e. The van der Waals surface area contributed by atoms with E-state index >= 15 is 0 Å². The van der Waals surface area contributed by atoms with Crippen LogP contribution >= 0.6 is 11.3 Å². The predicted molar refractivity (Wildman–Crippen MR) is 58.3 cm³/mol. The Balaban J connectivity index is 2.96. The summed E-state index contributed by atoms with van der Waals surface area (Å²) in [4.78, 5) is 13.1. The van der Waals surface area contributed by atoms with Gasteiger partial charge in [-0.3, -0.25) is 0 Å². The smallest absolute Gasteiger partial charge is 0.346 e. The number of hydrogen-bond donors (Lipinski definition) is 1. The third kappa shape index (κ3) is 2.78. The van der Waals surface area contributed by atoms with Crippen molar-refractivity contribution < 1.29 is 9.90 Å². The van der Waals surface area contributed by atoms with Crippen molar-refractivity contribution in [2.45, 2.75) is 6.42 Å². The molecule has 0 bridgehead atoms. The van der Waals surface area contributed by atoms with E-state index in [0.717, 1.165) is 17.9 Å². The molecule has 1 heterocycles. The summed E-state index contributed by atoms with van der Waals surface area (Å²) in [6, 6.07) is 2.02. The summed E-state index contributed by atoms with van der Waals surface area (Å²) in [5, 5.41) is 19.4. The molecule has 0 amide bonds. The lowest BCUT2D eigenvalue weighted by molar-refractivity contribution is 0.0701. The van der Waals surface area contributed by atoms with Gasteiger partial charge in [-0.25, -0.2) is 4.79 Å². The minimum absolute atomic E-state index is 0.286. The standard InChI is InChI=1S/C10H12N2O2S/c1-12(2)4-3-8-7(5-11)6-15-9(8)10(13)14/h6H,3-4H2,1-2H3,(H,13,14). The fourth-order valence-electron chi connectivity index (χ4n) is 1.24. The van der Waals surface area contributed by atoms with Crippen molar-refractivity contribution in [2.24, 2.45) is 0 Å². The van der Waals surface area contributed by atoms with Gasteiger partial charge < -0.3 is 10.0 Å². The van der Waals surface area contributed by atoms with Gasteiger partial charge in [0.1, 0.15) is 10.9 Å². The highest BCUT2D eigenvalue weighted by molar-refractivity contribution is 7.12. The average Bonchev–Trinajstić information content (AvgIpc) is 2.57. The second-order valence-electron chi connectivity index (χ2n) is 3.43. The maximum absolute atomic E-state index is 10.9. The van der Waals surface area contributed by atoms with Gasteiger partial charge >= 0.3 is 5.97 Å². The molecule has 15 heavy (non-hydrogen) atoms. The monoisotopic (exact) mass is 224 g/mol. The molecule has 0 spiro atoms. The average molecular weight is 224 g/mol. The Morgan fingerprint density at radius 2 is 2.33 bits per heavy atom. The molecule has 1 aromatic rings. The lowest BCUT2D eigenvalue weighted by Gasteiger charge is -2.08. The summed E-state index contributed by atoms with van der Waals surface area (Å²) in [5.41, 5.74) is 1.14. The Morgan fingerprint density at radius 3 is 2.80 bits per heavy atom. The van der Waals surface area contributed by atoms with E-state index in [1.54, 1.807) is 5.38 Å². The van der Waals surface area contributed by atoms with Crippen molar-refractivity contribution in [2.75, 3.05) is 20.6 Å². The summed E-state index contributed by atoms with van der Waals surface area (Å²) in [6.07, 6.45) is 0.598. The lowest BCUT2D eigenvalue weighted by atomic mass is 10.1. The fourth-order valence-corrected chi connectivity index (χ4v) is 2.13. The number of nitriles is 1. The normalized spacial score (nSPS) is 10.3. The van der Waals surface area contributed by atoms with Crippen LogP contribution in [-0.4, -0.2) is 36.6 Å². The third-order valence-electron chi connectivity index (χ3n) is 2.02. The first-order valence-electron chi connectivity index (χ1n) is 4.44. The molecule has 0 unspecified atom stereocenters. The minimum atomic E-state index is -0.949. The second kappa shape index (κ2) is 4.91. The molecule has 1 rings (SSSR count). The summed E-state index contributed by atoms with van der Waals surface area (Å²) in [5.74, 6) is -0.949. The van der Waals surface area contributed by atoms with Gasteiger partial charge in [0.05, 0.1) is 5.56 Å². The zero-order chi connectivity index (χ0) is 11.4. The van der Waals surface area contributed by atoms with Gasteiger partial charge in [0.15, 0.2) is 0 Å². The molecule has 0 radical (unpaired) electrons. The zero-order valence-electron chi connectivity index (χ0n) is 8.65. The first kappa shape index (κ1) is 11.7. The van der Waals surface area contributed by atoms with Crippen LogP contribution in [0.3, 0.4) is 0 Å². The van der Waals surface area contributed by atoms with Gasteiger partial charge in [-0.1, -0.05) is 0 Å². The maximum atomic E-state index is 10.9. The number of carboxylic acids is 1. The van der Waals surface area contributed by atoms with Crippen molar-refractivity contribution in [3.8, 4) is 6.07 Å². The molecule has 1 aromatic heterocycles. The highest BCUT2D eigenvalue weighted by atomic mass is 32.1. The van der Waals surface area contributed by atoms with Crippen LogP contribution in [0.25, 0.3) is 0 Å². The summed E-state index contributed by atoms with van der Waals surface area (Å²) in [7, 11) is 3.83. The maximum Gasteiger partial charge on any atom is 0.346 e. The van der Waals surface area contributed by atoms with Crippen molar-refractivity contribution in [3.05, 3.63) is 21.4 Å². The van der Waals surface area contributed by atoms with Crippen LogP contribution in [0.15, 0.2) is 5.38 Å². The van der Waals surface area contributed by atoms with Crippen LogP contribution in [0, 0.1) is 11.3 Å². The van der Waals surface area contributed by atoms with Crippen molar-refractivity contribution in [1.29, 1.82) is 5.26 Å². The van der Waals surface area contributed by atoms with E-state index in [1.807, 2.05) is 25.1 Å². The number of carbonyl (C=O) groups is 1. The number of rotatable bonds is 4. The molecule has 0 aliphatic rings. The number of carboxylic acid groups (broad SMARTS) is 1. The summed E-state index contributed by atoms with van der Waals surface area (Å²) in [6.45, 7) is 0.742. The molecule has 0 aliphatic carbocycles. The fraction of sp³-hybridized carbons (Fsp3) is 0.400. The van der Waals surface area contributed by atoms with E-state index in [9.17, 15) is 4.79 Å². The Kier molecular flexibility index (Phi) is 3.83. The van der Waals surface area contributed by atoms with Gasteiger partial charge in [0, 0.05) is 11.9 Å². The number of hydrogen-bond acceptors (Lipinski definition) is 4. The van der Waals surface area contributed by atoms with Gasteiger partial charge in [0.2, 0.25) is 0 Å². The van der Waals surface area contributed by atoms with E-state index in [0.29, 0.717) is 17.5 Å². The zero-order valence-corrected chi connectivity index (χ0v) is 9.47. The molecule has 5 heteroatoms. The molecule has 1 N–H and O–H groups in total. The highest BCUT2D eigenvalue weighted by Crippen LogP contribution is 2.22. The molecule has 0 saturated carbocycles. The quantitative estimate of drug-likeness (QED) is 0.840. The van der Waals surface area contributed by atoms with E-state index in [4.69, 9.17) is 10.4 Å². The highest BCUT2D eigenvalue weighted by Gasteiger charge is 2.16. The summed E-state index contributed by atoms with van der Waals surface area (Å²) >= 11 is 1.12. The van der Waals surface area contributed by atoms with E-state index < -0.39 is 5.97 Å². The third-order valence-corrected chi connectivity index (χ3v) is 3.03. The predicted octanol–water partition coefficient (Wildman–Crippen LogP) is 1.42. The molecule has 4 nitrogen and oxygen atoms in total. The van der Waals surface area contributed by atoms with Crippen LogP contribution in [0.2, 0.25) is 0 Å². The van der Waals surface area contributed by atoms with E-state index in [2.05, 4.69) is 0 Å². The Morgan fingerprint density at radius 1 is 1.67 bits per heavy atom. The molecule has 0 aromatic carbocycles. The van der Waals surface area contributed by atoms with Crippen LogP contribution in [0.4, 0.5) is 0 Å². The molecule has 0 aliphatic heterocycles. The SMILES string of the molecule is CN(C)CCc1c(C#N)csc1C(=O)O. The lowest BCUT2D eigenvalue weighted by Crippen LogP contribution is -2.16. The molecular formula is C10H12N2O2S. The molecule has 0 atom stereocenters. The summed E-state index contributed by atoms with van der Waals surface area (Å²) < 4.78 is 0. The molecular weight excluding hydrogens is 212 g/mol. The van der Waals surface area contributed by atoms with Crippen LogP contribution < -0.4 is 0 Å². The van der Waals surface area contributed by atoms with Gasteiger partial charge in [-0.15, -0.1) is 11.3 Å². The first-order valence-corrected chi connectivity index (χ1v) is 5.32. The van der Waals surface area contributed by atoms with Crippen LogP contribution in [0.5, 0.6) is 0 Å². The van der Waals surface area contributed by atoms with E-state index in [1.165, 1.54) is 0 Å². The van der Waals surface area contributed by atoms with Crippen molar-refractivity contribution >= 4 is 17.3 Å². The van der Waals surface area contributed by atoms with Gasteiger partial charge in [0.25, 0.3) is 0 Å². The Bertz CT molecular complexity index is 404. The van der Waals surface area contributed by atoms with Crippen molar-refractivity contribution in [1.82, 2.24) is 4.90 Å². The first-order chi connectivity index (χ1) is 7.06. The van der Waals surface area contributed by atoms with Crippen LogP contribution in [0.1, 0.15) is 20.8 Å². The van der Waals surface area contributed by atoms with Crippen LogP contribution in [-0.2, 0) is 6.42 Å².